The molecule has 0 bridgehead atoms. The van der Waals surface area contributed by atoms with E-state index < -0.39 is 27.1 Å². The number of aryl methyl sites for hydroxylation is 1. The highest BCUT2D eigenvalue weighted by molar-refractivity contribution is 7.90. The maximum Gasteiger partial charge on any atom is 0.281 e. The molecule has 2 heterocycles. The Bertz CT molecular complexity index is 1230. The molecule has 1 saturated heterocycles. The number of benzene rings is 1. The zero-order valence-electron chi connectivity index (χ0n) is 20.3. The Balaban J connectivity index is 1.32. The summed E-state index contributed by atoms with van der Waals surface area (Å²) >= 11 is 0. The van der Waals surface area contributed by atoms with Crippen molar-refractivity contribution in [3.63, 3.8) is 0 Å². The molecule has 1 aromatic heterocycles. The number of carbonyl (C=O) groups excluding carboxylic acids is 1. The van der Waals surface area contributed by atoms with Crippen molar-refractivity contribution in [2.75, 3.05) is 18.0 Å². The van der Waals surface area contributed by atoms with E-state index in [1.807, 2.05) is 13.0 Å². The highest BCUT2D eigenvalue weighted by Gasteiger charge is 2.54. The van der Waals surface area contributed by atoms with Crippen LogP contribution in [0.5, 0.6) is 5.75 Å². The van der Waals surface area contributed by atoms with Crippen LogP contribution in [0.2, 0.25) is 0 Å². The van der Waals surface area contributed by atoms with Crippen LogP contribution in [0, 0.1) is 6.92 Å². The summed E-state index contributed by atoms with van der Waals surface area (Å²) in [6, 6.07) is 10.7. The fourth-order valence-corrected chi connectivity index (χ4v) is 6.12. The van der Waals surface area contributed by atoms with Crippen LogP contribution < -0.4 is 14.4 Å². The van der Waals surface area contributed by atoms with Crippen molar-refractivity contribution in [2.24, 2.45) is 0 Å². The smallest absolute Gasteiger partial charge is 0.281 e. The molecular weight excluding hydrogens is 466 g/mol. The first-order valence-corrected chi connectivity index (χ1v) is 13.9. The van der Waals surface area contributed by atoms with Crippen LogP contribution >= 0.6 is 0 Å². The lowest BCUT2D eigenvalue weighted by Crippen LogP contribution is -2.60. The van der Waals surface area contributed by atoms with Crippen molar-refractivity contribution in [3.8, 4) is 5.75 Å². The quantitative estimate of drug-likeness (QED) is 0.601. The Hall–Kier alpha value is -2.65. The number of nitrogens with zero attached hydrogens (tertiary/aromatic N) is 2. The zero-order chi connectivity index (χ0) is 24.8. The summed E-state index contributed by atoms with van der Waals surface area (Å²) in [5.41, 5.74) is 0.150. The molecule has 2 saturated carbocycles. The van der Waals surface area contributed by atoms with E-state index in [-0.39, 0.29) is 5.03 Å². The third-order valence-electron chi connectivity index (χ3n) is 7.24. The third kappa shape index (κ3) is 5.02. The molecule has 1 aliphatic heterocycles. The van der Waals surface area contributed by atoms with E-state index in [0.29, 0.717) is 43.4 Å². The van der Waals surface area contributed by atoms with Crippen molar-refractivity contribution in [1.29, 1.82) is 0 Å². The number of ether oxygens (including phenoxy) is 1. The second kappa shape index (κ2) is 8.78. The Morgan fingerprint density at radius 1 is 1.14 bits per heavy atom. The van der Waals surface area contributed by atoms with Gasteiger partial charge in [-0.3, -0.25) is 4.79 Å². The molecule has 8 nitrogen and oxygen atoms in total. The van der Waals surface area contributed by atoms with Gasteiger partial charge in [-0.25, -0.2) is 9.71 Å². The van der Waals surface area contributed by atoms with Crippen LogP contribution in [0.15, 0.2) is 41.4 Å². The van der Waals surface area contributed by atoms with Gasteiger partial charge in [-0.05, 0) is 61.9 Å². The van der Waals surface area contributed by atoms with Gasteiger partial charge in [-0.2, -0.15) is 8.42 Å². The number of rotatable bonds is 7. The Labute approximate surface area is 206 Å². The highest BCUT2D eigenvalue weighted by Crippen LogP contribution is 2.45. The summed E-state index contributed by atoms with van der Waals surface area (Å²) in [5.74, 6) is 0.872. The van der Waals surface area contributed by atoms with Crippen LogP contribution in [0.25, 0.3) is 0 Å². The number of carbonyl (C=O) groups is 1. The van der Waals surface area contributed by atoms with Crippen molar-refractivity contribution < 1.29 is 23.1 Å². The van der Waals surface area contributed by atoms with Gasteiger partial charge in [0.2, 0.25) is 0 Å². The predicted molar refractivity (Wildman–Crippen MR) is 132 cm³/mol. The SMILES string of the molecule is Cc1ccc(C2CCCCC2)c(OC2(C(=O)NS(=O)(=O)c3cccc(N4CC(C)(O)C4)n3)CC2)c1. The van der Waals surface area contributed by atoms with Gasteiger partial charge < -0.3 is 14.7 Å². The monoisotopic (exact) mass is 499 g/mol. The summed E-state index contributed by atoms with van der Waals surface area (Å²) in [4.78, 5) is 19.2. The number of hydrogen-bond acceptors (Lipinski definition) is 7. The Morgan fingerprint density at radius 3 is 2.51 bits per heavy atom. The first-order valence-electron chi connectivity index (χ1n) is 12.4. The van der Waals surface area contributed by atoms with Crippen LogP contribution in [0.1, 0.15) is 68.9 Å². The van der Waals surface area contributed by atoms with Gasteiger partial charge in [0.25, 0.3) is 15.9 Å². The van der Waals surface area contributed by atoms with E-state index in [9.17, 15) is 18.3 Å². The zero-order valence-corrected chi connectivity index (χ0v) is 21.1. The first-order chi connectivity index (χ1) is 16.6. The van der Waals surface area contributed by atoms with Crippen LogP contribution in [-0.2, 0) is 14.8 Å². The summed E-state index contributed by atoms with van der Waals surface area (Å²) < 4.78 is 34.6. The maximum atomic E-state index is 13.2. The van der Waals surface area contributed by atoms with Gasteiger partial charge >= 0.3 is 0 Å². The molecule has 0 atom stereocenters. The Morgan fingerprint density at radius 2 is 1.86 bits per heavy atom. The predicted octanol–water partition coefficient (Wildman–Crippen LogP) is 3.43. The maximum absolute atomic E-state index is 13.2. The molecular formula is C26H33N3O5S. The summed E-state index contributed by atoms with van der Waals surface area (Å²) in [5, 5.41) is 9.74. The van der Waals surface area contributed by atoms with E-state index in [1.54, 1.807) is 24.0 Å². The highest BCUT2D eigenvalue weighted by atomic mass is 32.2. The largest absolute Gasteiger partial charge is 0.477 e. The minimum absolute atomic E-state index is 0.232. The number of hydrogen-bond donors (Lipinski definition) is 2. The van der Waals surface area contributed by atoms with Gasteiger partial charge in [-0.1, -0.05) is 37.5 Å². The summed E-state index contributed by atoms with van der Waals surface area (Å²) in [7, 11) is -4.18. The lowest BCUT2D eigenvalue weighted by Gasteiger charge is -2.44. The second-order valence-electron chi connectivity index (χ2n) is 10.6. The fraction of sp³-hybridized carbons (Fsp3) is 0.538. The lowest BCUT2D eigenvalue weighted by molar-refractivity contribution is -0.128. The molecule has 1 amide bonds. The van der Waals surface area contributed by atoms with Crippen molar-refractivity contribution in [2.45, 2.75) is 80.9 Å². The molecule has 1 aromatic carbocycles. The van der Waals surface area contributed by atoms with Crippen LogP contribution in [-0.4, -0.2) is 48.7 Å². The van der Waals surface area contributed by atoms with E-state index in [1.165, 1.54) is 25.3 Å². The van der Waals surface area contributed by atoms with Gasteiger partial charge in [0, 0.05) is 25.9 Å². The first kappa shape index (κ1) is 24.1. The molecule has 2 aliphatic carbocycles. The number of anilines is 1. The third-order valence-corrected chi connectivity index (χ3v) is 8.47. The van der Waals surface area contributed by atoms with E-state index >= 15 is 0 Å². The number of amides is 1. The van der Waals surface area contributed by atoms with Gasteiger partial charge in [0.1, 0.15) is 11.6 Å². The van der Waals surface area contributed by atoms with Crippen molar-refractivity contribution >= 4 is 21.7 Å². The fourth-order valence-electron chi connectivity index (χ4n) is 5.12. The van der Waals surface area contributed by atoms with Crippen molar-refractivity contribution in [3.05, 3.63) is 47.5 Å². The number of aliphatic hydroxyl groups is 1. The molecule has 2 aromatic rings. The molecule has 0 spiro atoms. The molecule has 5 rings (SSSR count). The standard InChI is InChI=1S/C26H33N3O5S/c1-18-11-12-20(19-7-4-3-5-8-19)21(15-18)34-26(13-14-26)24(30)28-35(32,33)23-10-6-9-22(27-23)29-16-25(2,31)17-29/h6,9-12,15,19,31H,3-5,7-8,13-14,16-17H2,1-2H3,(H,28,30). The summed E-state index contributed by atoms with van der Waals surface area (Å²) in [6.07, 6.45) is 6.73. The molecule has 9 heteroatoms. The number of sulfonamides is 1. The number of β-amino-alcohol motifs (C(OH)–C–C–N with tert-alkyl or cyclic N) is 1. The van der Waals surface area contributed by atoms with Crippen LogP contribution in [0.3, 0.4) is 0 Å². The molecule has 0 unspecified atom stereocenters. The van der Waals surface area contributed by atoms with Gasteiger partial charge in [0.15, 0.2) is 10.6 Å². The Kier molecular flexibility index (Phi) is 6.04. The molecule has 35 heavy (non-hydrogen) atoms. The van der Waals surface area contributed by atoms with Gasteiger partial charge in [-0.15, -0.1) is 0 Å². The minimum atomic E-state index is -4.18. The van der Waals surface area contributed by atoms with E-state index in [0.717, 1.165) is 24.0 Å². The van der Waals surface area contributed by atoms with Gasteiger partial charge in [0.05, 0.1) is 5.60 Å². The molecule has 3 aliphatic rings. The average Bonchev–Trinajstić information content (AvgIpc) is 3.59. The molecule has 3 fully saturated rings. The number of nitrogens with one attached hydrogen (secondary N) is 1. The number of aromatic nitrogens is 1. The molecule has 2 N–H and O–H groups in total. The van der Waals surface area contributed by atoms with E-state index in [2.05, 4.69) is 21.8 Å². The second-order valence-corrected chi connectivity index (χ2v) is 12.2. The molecule has 0 radical (unpaired) electrons. The minimum Gasteiger partial charge on any atom is -0.477 e. The topological polar surface area (TPSA) is 109 Å². The van der Waals surface area contributed by atoms with Crippen LogP contribution in [0.4, 0.5) is 5.82 Å². The van der Waals surface area contributed by atoms with Crippen molar-refractivity contribution in [1.82, 2.24) is 9.71 Å². The molecule has 188 valence electrons. The number of pyridine rings is 1. The summed E-state index contributed by atoms with van der Waals surface area (Å²) in [6.45, 7) is 4.43. The average molecular weight is 500 g/mol. The normalized spacial score (nSPS) is 21.2. The lowest BCUT2D eigenvalue weighted by atomic mass is 9.83. The van der Waals surface area contributed by atoms with E-state index in [4.69, 9.17) is 4.74 Å².